The van der Waals surface area contributed by atoms with Crippen LogP contribution in [0.1, 0.15) is 49.8 Å². The van der Waals surface area contributed by atoms with Crippen LogP contribution in [0.15, 0.2) is 24.3 Å². The van der Waals surface area contributed by atoms with Crippen LogP contribution in [-0.2, 0) is 11.3 Å². The summed E-state index contributed by atoms with van der Waals surface area (Å²) in [6, 6.07) is 8.00. The van der Waals surface area contributed by atoms with Gasteiger partial charge in [0.25, 0.3) is 0 Å². The van der Waals surface area contributed by atoms with E-state index in [9.17, 15) is 5.11 Å². The van der Waals surface area contributed by atoms with Gasteiger partial charge >= 0.3 is 0 Å². The Balaban J connectivity index is 2.26. The molecule has 3 heteroatoms. The fourth-order valence-corrected chi connectivity index (χ4v) is 3.34. The first kappa shape index (κ1) is 15.5. The van der Waals surface area contributed by atoms with Crippen molar-refractivity contribution in [3.05, 3.63) is 35.4 Å². The second-order valence-electron chi connectivity index (χ2n) is 6.28. The molecule has 112 valence electrons. The number of hydrogen-bond donors (Lipinski definition) is 2. The van der Waals surface area contributed by atoms with Crippen molar-refractivity contribution in [2.75, 3.05) is 13.7 Å². The molecule has 1 saturated carbocycles. The molecule has 0 radical (unpaired) electrons. The van der Waals surface area contributed by atoms with Crippen molar-refractivity contribution in [3.63, 3.8) is 0 Å². The number of methoxy groups -OCH3 is 1. The smallest absolute Gasteiger partial charge is 0.0861 e. The van der Waals surface area contributed by atoms with Crippen molar-refractivity contribution < 1.29 is 9.84 Å². The molecule has 0 spiro atoms. The molecule has 0 amide bonds. The Labute approximate surface area is 122 Å². The zero-order chi connectivity index (χ0) is 14.6. The van der Waals surface area contributed by atoms with E-state index in [-0.39, 0.29) is 5.41 Å². The van der Waals surface area contributed by atoms with Crippen LogP contribution in [0.2, 0.25) is 0 Å². The van der Waals surface area contributed by atoms with Crippen molar-refractivity contribution >= 4 is 0 Å². The predicted molar refractivity (Wildman–Crippen MR) is 81.2 cm³/mol. The van der Waals surface area contributed by atoms with Gasteiger partial charge < -0.3 is 15.6 Å². The van der Waals surface area contributed by atoms with E-state index in [0.717, 1.165) is 42.7 Å². The first-order valence-corrected chi connectivity index (χ1v) is 7.58. The van der Waals surface area contributed by atoms with Crippen LogP contribution in [0.4, 0.5) is 0 Å². The van der Waals surface area contributed by atoms with E-state index in [1.165, 1.54) is 0 Å². The van der Waals surface area contributed by atoms with Gasteiger partial charge in [-0.25, -0.2) is 0 Å². The molecule has 1 unspecified atom stereocenters. The minimum absolute atomic E-state index is 0.170. The van der Waals surface area contributed by atoms with E-state index in [1.807, 2.05) is 24.3 Å². The number of benzene rings is 1. The summed E-state index contributed by atoms with van der Waals surface area (Å²) in [5.74, 6) is 0.746. The molecule has 1 fully saturated rings. The van der Waals surface area contributed by atoms with Crippen molar-refractivity contribution in [2.24, 2.45) is 17.1 Å². The van der Waals surface area contributed by atoms with Crippen molar-refractivity contribution in [3.8, 4) is 0 Å². The lowest BCUT2D eigenvalue weighted by atomic mass is 9.66. The third kappa shape index (κ3) is 3.05. The Bertz CT molecular complexity index is 425. The molecule has 3 nitrogen and oxygen atoms in total. The molecule has 1 aliphatic carbocycles. The van der Waals surface area contributed by atoms with Crippen LogP contribution in [0.5, 0.6) is 0 Å². The second kappa shape index (κ2) is 6.70. The molecule has 1 aliphatic rings. The Morgan fingerprint density at radius 3 is 2.60 bits per heavy atom. The summed E-state index contributed by atoms with van der Waals surface area (Å²) in [6.07, 6.45) is 3.83. The van der Waals surface area contributed by atoms with E-state index in [2.05, 4.69) is 6.92 Å². The molecular weight excluding hydrogens is 250 g/mol. The van der Waals surface area contributed by atoms with Crippen LogP contribution in [0.25, 0.3) is 0 Å². The summed E-state index contributed by atoms with van der Waals surface area (Å²) in [4.78, 5) is 0. The first-order chi connectivity index (χ1) is 9.63. The predicted octanol–water partition coefficient (Wildman–Crippen LogP) is 3.02. The average Bonchev–Trinajstić information content (AvgIpc) is 2.49. The molecule has 0 saturated heterocycles. The van der Waals surface area contributed by atoms with Crippen LogP contribution in [0.3, 0.4) is 0 Å². The van der Waals surface area contributed by atoms with Gasteiger partial charge in [-0.2, -0.15) is 0 Å². The number of hydrogen-bond acceptors (Lipinski definition) is 3. The van der Waals surface area contributed by atoms with Gasteiger partial charge in [-0.15, -0.1) is 0 Å². The molecule has 0 heterocycles. The standard InChI is InChI=1S/C17H27NO2/c1-13-7-9-17(12-18,10-8-13)16(19)15-6-4-3-5-14(15)11-20-2/h3-6,13,16,19H,7-12,18H2,1-2H3. The third-order valence-corrected chi connectivity index (χ3v) is 4.91. The van der Waals surface area contributed by atoms with E-state index in [4.69, 9.17) is 10.5 Å². The van der Waals surface area contributed by atoms with E-state index in [1.54, 1.807) is 7.11 Å². The second-order valence-corrected chi connectivity index (χ2v) is 6.28. The average molecular weight is 277 g/mol. The van der Waals surface area contributed by atoms with E-state index >= 15 is 0 Å². The van der Waals surface area contributed by atoms with Gasteiger partial charge in [0.1, 0.15) is 0 Å². The summed E-state index contributed by atoms with van der Waals surface area (Å²) in [5, 5.41) is 11.0. The first-order valence-electron chi connectivity index (χ1n) is 7.58. The highest BCUT2D eigenvalue weighted by molar-refractivity contribution is 5.30. The molecule has 3 N–H and O–H groups in total. The number of ether oxygens (including phenoxy) is 1. The molecule has 1 aromatic carbocycles. The zero-order valence-electron chi connectivity index (χ0n) is 12.6. The third-order valence-electron chi connectivity index (χ3n) is 4.91. The molecule has 20 heavy (non-hydrogen) atoms. The van der Waals surface area contributed by atoms with Crippen LogP contribution < -0.4 is 5.73 Å². The summed E-state index contributed by atoms with van der Waals surface area (Å²) >= 11 is 0. The quantitative estimate of drug-likeness (QED) is 0.870. The van der Waals surface area contributed by atoms with E-state index < -0.39 is 6.10 Å². The minimum Gasteiger partial charge on any atom is -0.388 e. The number of nitrogens with two attached hydrogens (primary N) is 1. The highest BCUT2D eigenvalue weighted by Crippen LogP contribution is 2.47. The van der Waals surface area contributed by atoms with Crippen LogP contribution in [0, 0.1) is 11.3 Å². The van der Waals surface area contributed by atoms with Crippen molar-refractivity contribution in [2.45, 2.75) is 45.3 Å². The molecular formula is C17H27NO2. The maximum Gasteiger partial charge on any atom is 0.0861 e. The highest BCUT2D eigenvalue weighted by Gasteiger charge is 2.40. The number of aliphatic hydroxyl groups excluding tert-OH is 1. The van der Waals surface area contributed by atoms with Gasteiger partial charge in [0.2, 0.25) is 0 Å². The van der Waals surface area contributed by atoms with Gasteiger partial charge in [0.05, 0.1) is 12.7 Å². The summed E-state index contributed by atoms with van der Waals surface area (Å²) in [7, 11) is 1.68. The van der Waals surface area contributed by atoms with Gasteiger partial charge in [0, 0.05) is 19.1 Å². The normalized spacial score (nSPS) is 28.3. The van der Waals surface area contributed by atoms with Gasteiger partial charge in [0.15, 0.2) is 0 Å². The molecule has 1 atom stereocenters. The maximum absolute atomic E-state index is 11.0. The number of rotatable bonds is 5. The number of aliphatic hydroxyl groups is 1. The highest BCUT2D eigenvalue weighted by atomic mass is 16.5. The zero-order valence-corrected chi connectivity index (χ0v) is 12.6. The summed E-state index contributed by atoms with van der Waals surface area (Å²) in [5.41, 5.74) is 7.93. The Kier molecular flexibility index (Phi) is 5.19. The largest absolute Gasteiger partial charge is 0.388 e. The Morgan fingerprint density at radius 1 is 1.35 bits per heavy atom. The monoisotopic (exact) mass is 277 g/mol. The minimum atomic E-state index is -0.494. The molecule has 1 aromatic rings. The molecule has 0 bridgehead atoms. The maximum atomic E-state index is 11.0. The summed E-state index contributed by atoms with van der Waals surface area (Å²) in [6.45, 7) is 3.36. The van der Waals surface area contributed by atoms with Gasteiger partial charge in [-0.3, -0.25) is 0 Å². The molecule has 0 aliphatic heterocycles. The van der Waals surface area contributed by atoms with Gasteiger partial charge in [-0.05, 0) is 29.9 Å². The lowest BCUT2D eigenvalue weighted by Crippen LogP contribution is -2.40. The molecule has 2 rings (SSSR count). The topological polar surface area (TPSA) is 55.5 Å². The fraction of sp³-hybridized carbons (Fsp3) is 0.647. The molecule has 0 aromatic heterocycles. The fourth-order valence-electron chi connectivity index (χ4n) is 3.34. The van der Waals surface area contributed by atoms with Crippen LogP contribution >= 0.6 is 0 Å². The van der Waals surface area contributed by atoms with Crippen LogP contribution in [-0.4, -0.2) is 18.8 Å². The van der Waals surface area contributed by atoms with Crippen molar-refractivity contribution in [1.82, 2.24) is 0 Å². The Hall–Kier alpha value is -0.900. The van der Waals surface area contributed by atoms with Crippen molar-refractivity contribution in [1.29, 1.82) is 0 Å². The lowest BCUT2D eigenvalue weighted by Gasteiger charge is -2.42. The lowest BCUT2D eigenvalue weighted by molar-refractivity contribution is -0.00952. The van der Waals surface area contributed by atoms with Gasteiger partial charge in [-0.1, -0.05) is 44.0 Å². The Morgan fingerprint density at radius 2 is 2.00 bits per heavy atom. The van der Waals surface area contributed by atoms with E-state index in [0.29, 0.717) is 13.2 Å². The summed E-state index contributed by atoms with van der Waals surface area (Å²) < 4.78 is 5.25. The SMILES string of the molecule is COCc1ccccc1C(O)C1(CN)CCC(C)CC1.